The van der Waals surface area contributed by atoms with Gasteiger partial charge in [0.25, 0.3) is 11.8 Å². The molecule has 2 amide bonds. The molecule has 0 fully saturated rings. The van der Waals surface area contributed by atoms with Crippen LogP contribution in [0.25, 0.3) is 5.52 Å². The smallest absolute Gasteiger partial charge is 0.292 e. The van der Waals surface area contributed by atoms with Gasteiger partial charge in [-0.25, -0.2) is 4.98 Å². The van der Waals surface area contributed by atoms with E-state index in [4.69, 9.17) is 0 Å². The van der Waals surface area contributed by atoms with Crippen molar-refractivity contribution in [2.24, 2.45) is 0 Å². The Morgan fingerprint density at radius 1 is 0.933 bits per heavy atom. The van der Waals surface area contributed by atoms with Gasteiger partial charge in [0.05, 0.1) is 17.8 Å². The quantitative estimate of drug-likeness (QED) is 0.537. The summed E-state index contributed by atoms with van der Waals surface area (Å²) in [5.74, 6) is -0.593. The molecule has 7 nitrogen and oxygen atoms in total. The molecule has 0 aliphatic rings. The second-order valence-corrected chi connectivity index (χ2v) is 6.96. The van der Waals surface area contributed by atoms with Crippen LogP contribution in [0.3, 0.4) is 0 Å². The number of hydrogen-bond acceptors (Lipinski definition) is 4. The molecule has 0 unspecified atom stereocenters. The number of hydrogen-bond donors (Lipinski definition) is 2. The minimum atomic E-state index is -0.377. The number of anilines is 1. The zero-order valence-corrected chi connectivity index (χ0v) is 16.7. The van der Waals surface area contributed by atoms with Gasteiger partial charge in [0, 0.05) is 18.1 Å². The van der Waals surface area contributed by atoms with Gasteiger partial charge < -0.3 is 10.6 Å². The number of pyridine rings is 2. The fraction of sp³-hybridized carbons (Fsp3) is 0.130. The Morgan fingerprint density at radius 2 is 1.70 bits per heavy atom. The highest BCUT2D eigenvalue weighted by Crippen LogP contribution is 2.21. The van der Waals surface area contributed by atoms with Crippen molar-refractivity contribution in [2.45, 2.75) is 20.4 Å². The van der Waals surface area contributed by atoms with E-state index in [2.05, 4.69) is 20.6 Å². The molecule has 0 saturated carbocycles. The van der Waals surface area contributed by atoms with Crippen molar-refractivity contribution in [1.29, 1.82) is 0 Å². The van der Waals surface area contributed by atoms with Crippen LogP contribution < -0.4 is 10.6 Å². The van der Waals surface area contributed by atoms with E-state index in [1.54, 1.807) is 35.0 Å². The summed E-state index contributed by atoms with van der Waals surface area (Å²) in [5.41, 5.74) is 4.15. The minimum absolute atomic E-state index is 0.149. The molecule has 30 heavy (non-hydrogen) atoms. The molecule has 4 aromatic rings. The number of nitrogens with zero attached hydrogens (tertiary/aromatic N) is 3. The number of fused-ring (bicyclic) bond motifs is 1. The van der Waals surface area contributed by atoms with Crippen LogP contribution in [0.2, 0.25) is 0 Å². The Balaban J connectivity index is 1.63. The number of para-hydroxylation sites is 1. The predicted octanol–water partition coefficient (Wildman–Crippen LogP) is 3.53. The molecule has 150 valence electrons. The Kier molecular flexibility index (Phi) is 5.26. The summed E-state index contributed by atoms with van der Waals surface area (Å²) in [6, 6.07) is 16.7. The average Bonchev–Trinajstić information content (AvgIpc) is 3.15. The monoisotopic (exact) mass is 399 g/mol. The van der Waals surface area contributed by atoms with Crippen molar-refractivity contribution >= 4 is 23.0 Å². The van der Waals surface area contributed by atoms with Crippen molar-refractivity contribution in [3.05, 3.63) is 95.3 Å². The number of amides is 2. The first kappa shape index (κ1) is 19.3. The molecular weight excluding hydrogens is 378 g/mol. The van der Waals surface area contributed by atoms with Crippen LogP contribution in [0, 0.1) is 13.8 Å². The van der Waals surface area contributed by atoms with E-state index in [0.29, 0.717) is 5.52 Å². The lowest BCUT2D eigenvalue weighted by Crippen LogP contribution is -2.24. The molecule has 0 bridgehead atoms. The summed E-state index contributed by atoms with van der Waals surface area (Å²) >= 11 is 0. The Bertz CT molecular complexity index is 1210. The maximum atomic E-state index is 13.0. The SMILES string of the molecule is Cc1cccc(C)c1NC(=O)c1nc(C(=O)NCc2ccccn2)c2ccccn12. The zero-order chi connectivity index (χ0) is 21.1. The molecule has 0 aliphatic heterocycles. The third-order valence-corrected chi connectivity index (χ3v) is 4.84. The van der Waals surface area contributed by atoms with Gasteiger partial charge in [-0.05, 0) is 49.2 Å². The fourth-order valence-electron chi connectivity index (χ4n) is 3.30. The largest absolute Gasteiger partial charge is 0.345 e. The first-order valence-electron chi connectivity index (χ1n) is 9.57. The highest BCUT2D eigenvalue weighted by atomic mass is 16.2. The van der Waals surface area contributed by atoms with Crippen molar-refractivity contribution in [3.8, 4) is 0 Å². The van der Waals surface area contributed by atoms with Crippen molar-refractivity contribution < 1.29 is 9.59 Å². The first-order valence-corrected chi connectivity index (χ1v) is 9.57. The zero-order valence-electron chi connectivity index (χ0n) is 16.7. The normalized spacial score (nSPS) is 10.7. The highest BCUT2D eigenvalue weighted by molar-refractivity contribution is 6.06. The summed E-state index contributed by atoms with van der Waals surface area (Å²) in [6.45, 7) is 4.14. The van der Waals surface area contributed by atoms with Gasteiger partial charge in [-0.1, -0.05) is 30.3 Å². The molecule has 3 aromatic heterocycles. The standard InChI is InChI=1S/C23H21N5O2/c1-15-8-7-9-16(2)19(15)27-23(30)21-26-20(18-11-4-6-13-28(18)21)22(29)25-14-17-10-3-5-12-24-17/h3-13H,14H2,1-2H3,(H,25,29)(H,27,30). The maximum Gasteiger partial charge on any atom is 0.292 e. The van der Waals surface area contributed by atoms with Crippen LogP contribution in [0.15, 0.2) is 67.0 Å². The number of rotatable bonds is 5. The van der Waals surface area contributed by atoms with Gasteiger partial charge in [0.15, 0.2) is 5.69 Å². The molecule has 0 atom stereocenters. The van der Waals surface area contributed by atoms with Crippen LogP contribution in [-0.2, 0) is 6.54 Å². The summed E-state index contributed by atoms with van der Waals surface area (Å²) in [7, 11) is 0. The first-order chi connectivity index (χ1) is 14.5. The van der Waals surface area contributed by atoms with E-state index in [1.165, 1.54) is 0 Å². The van der Waals surface area contributed by atoms with Crippen LogP contribution in [-0.4, -0.2) is 26.2 Å². The van der Waals surface area contributed by atoms with Gasteiger partial charge in [-0.3, -0.25) is 19.0 Å². The van der Waals surface area contributed by atoms with E-state index < -0.39 is 0 Å². The molecule has 0 aliphatic carbocycles. The predicted molar refractivity (Wildman–Crippen MR) is 114 cm³/mol. The molecule has 2 N–H and O–H groups in total. The molecule has 0 spiro atoms. The Hall–Kier alpha value is -4.00. The van der Waals surface area contributed by atoms with E-state index in [9.17, 15) is 9.59 Å². The average molecular weight is 399 g/mol. The Labute approximate surface area is 173 Å². The molecule has 4 rings (SSSR count). The van der Waals surface area contributed by atoms with Crippen molar-refractivity contribution in [1.82, 2.24) is 19.7 Å². The van der Waals surface area contributed by atoms with E-state index >= 15 is 0 Å². The Morgan fingerprint density at radius 3 is 2.43 bits per heavy atom. The molecule has 3 heterocycles. The molecular formula is C23H21N5O2. The number of aromatic nitrogens is 3. The van der Waals surface area contributed by atoms with Gasteiger partial charge in [-0.15, -0.1) is 0 Å². The van der Waals surface area contributed by atoms with Crippen LogP contribution in [0.5, 0.6) is 0 Å². The summed E-state index contributed by atoms with van der Waals surface area (Å²) in [5, 5.41) is 5.75. The van der Waals surface area contributed by atoms with E-state index in [0.717, 1.165) is 22.5 Å². The summed E-state index contributed by atoms with van der Waals surface area (Å²) in [6.07, 6.45) is 3.39. The summed E-state index contributed by atoms with van der Waals surface area (Å²) in [4.78, 5) is 34.4. The third-order valence-electron chi connectivity index (χ3n) is 4.84. The molecule has 0 saturated heterocycles. The van der Waals surface area contributed by atoms with Gasteiger partial charge in [-0.2, -0.15) is 0 Å². The van der Waals surface area contributed by atoms with Gasteiger partial charge in [0.2, 0.25) is 5.82 Å². The number of benzene rings is 1. The number of aryl methyl sites for hydroxylation is 2. The lowest BCUT2D eigenvalue weighted by molar-refractivity contribution is 0.0947. The van der Waals surface area contributed by atoms with Crippen molar-refractivity contribution in [3.63, 3.8) is 0 Å². The van der Waals surface area contributed by atoms with Crippen molar-refractivity contribution in [2.75, 3.05) is 5.32 Å². The molecule has 0 radical (unpaired) electrons. The van der Waals surface area contributed by atoms with Crippen LogP contribution >= 0.6 is 0 Å². The second-order valence-electron chi connectivity index (χ2n) is 6.96. The van der Waals surface area contributed by atoms with Crippen LogP contribution in [0.4, 0.5) is 5.69 Å². The minimum Gasteiger partial charge on any atom is -0.345 e. The number of imidazole rings is 1. The second kappa shape index (κ2) is 8.16. The fourth-order valence-corrected chi connectivity index (χ4v) is 3.30. The lowest BCUT2D eigenvalue weighted by atomic mass is 10.1. The number of carbonyl (C=O) groups is 2. The van der Waals surface area contributed by atoms with Gasteiger partial charge >= 0.3 is 0 Å². The highest BCUT2D eigenvalue weighted by Gasteiger charge is 2.22. The number of nitrogens with one attached hydrogen (secondary N) is 2. The van der Waals surface area contributed by atoms with Gasteiger partial charge in [0.1, 0.15) is 0 Å². The number of carbonyl (C=O) groups excluding carboxylic acids is 2. The summed E-state index contributed by atoms with van der Waals surface area (Å²) < 4.78 is 1.62. The molecule has 7 heteroatoms. The lowest BCUT2D eigenvalue weighted by Gasteiger charge is -2.10. The van der Waals surface area contributed by atoms with Crippen LogP contribution in [0.1, 0.15) is 37.9 Å². The van der Waals surface area contributed by atoms with E-state index in [1.807, 2.05) is 50.2 Å². The maximum absolute atomic E-state index is 13.0. The molecule has 1 aromatic carbocycles. The van der Waals surface area contributed by atoms with E-state index in [-0.39, 0.29) is 29.9 Å². The third kappa shape index (κ3) is 3.77. The topological polar surface area (TPSA) is 88.4 Å².